The molecule has 0 aliphatic heterocycles. The van der Waals surface area contributed by atoms with Crippen LogP contribution < -0.4 is 10.6 Å². The zero-order valence-corrected chi connectivity index (χ0v) is 44.6. The fraction of sp³-hybridized carbons (Fsp3) is 0.393. The van der Waals surface area contributed by atoms with Crippen LogP contribution >= 0.6 is 0 Å². The molecular weight excluding hydrogens is 977 g/mol. The van der Waals surface area contributed by atoms with Crippen molar-refractivity contribution in [2.24, 2.45) is 17.8 Å². The SMILES string of the molecule is CCS(=O)(=O)c1ccc(CNC(=O)c2ccc3c(n2)CC(C(C)CCc2nc(C)cc(C4CC(C(C)C)c5nc(C(=O)NCc6ccc(S(=O)(=O)CC)cc6)ccc5C4=O)n2)C(c2cc(C)nc(C)n2)C3=O)cc1. The number of fused-ring (bicyclic) bond motifs is 2. The van der Waals surface area contributed by atoms with Gasteiger partial charge in [-0.15, -0.1) is 0 Å². The number of Topliss-reactive ketones (excluding diaryl/α,β-unsaturated/α-hetero) is 2. The summed E-state index contributed by atoms with van der Waals surface area (Å²) in [7, 11) is -6.71. The Hall–Kier alpha value is -6.92. The lowest BCUT2D eigenvalue weighted by Crippen LogP contribution is -2.36. The van der Waals surface area contributed by atoms with Gasteiger partial charge in [-0.1, -0.05) is 58.9 Å². The first-order valence-corrected chi connectivity index (χ1v) is 28.4. The van der Waals surface area contributed by atoms with Gasteiger partial charge in [-0.3, -0.25) is 19.2 Å². The van der Waals surface area contributed by atoms with Crippen LogP contribution in [0.1, 0.15) is 164 Å². The summed E-state index contributed by atoms with van der Waals surface area (Å²) in [4.78, 5) is 85.0. The van der Waals surface area contributed by atoms with Gasteiger partial charge in [-0.25, -0.2) is 46.7 Å². The number of aromatic nitrogens is 6. The molecule has 0 radical (unpaired) electrons. The van der Waals surface area contributed by atoms with E-state index in [4.69, 9.17) is 24.9 Å². The van der Waals surface area contributed by atoms with Gasteiger partial charge in [-0.2, -0.15) is 0 Å². The molecule has 5 atom stereocenters. The minimum Gasteiger partial charge on any atom is -0.347 e. The van der Waals surface area contributed by atoms with Gasteiger partial charge in [0.15, 0.2) is 31.2 Å². The molecule has 0 saturated carbocycles. The highest BCUT2D eigenvalue weighted by molar-refractivity contribution is 7.91. The Morgan fingerprint density at radius 3 is 1.73 bits per heavy atom. The second-order valence-electron chi connectivity index (χ2n) is 19.8. The fourth-order valence-corrected chi connectivity index (χ4v) is 11.9. The number of rotatable bonds is 17. The number of sulfone groups is 2. The summed E-state index contributed by atoms with van der Waals surface area (Å²) in [6.07, 6.45) is 1.88. The molecule has 0 bridgehead atoms. The number of nitrogens with one attached hydrogen (secondary N) is 2. The predicted octanol–water partition coefficient (Wildman–Crippen LogP) is 7.95. The highest BCUT2D eigenvalue weighted by Gasteiger charge is 2.42. The molecule has 2 aromatic carbocycles. The molecule has 2 N–H and O–H groups in total. The first-order valence-electron chi connectivity index (χ1n) is 25.1. The van der Waals surface area contributed by atoms with Gasteiger partial charge >= 0.3 is 0 Å². The van der Waals surface area contributed by atoms with Crippen LogP contribution in [0.15, 0.2) is 94.7 Å². The smallest absolute Gasteiger partial charge is 0.270 e. The van der Waals surface area contributed by atoms with E-state index in [1.165, 1.54) is 24.3 Å². The molecule has 0 saturated heterocycles. The molecule has 6 aromatic rings. The first kappa shape index (κ1) is 53.4. The monoisotopic (exact) mass is 1040 g/mol. The van der Waals surface area contributed by atoms with Crippen LogP contribution in [0.2, 0.25) is 0 Å². The van der Waals surface area contributed by atoms with Crippen LogP contribution in [0.25, 0.3) is 0 Å². The number of hydrogen-bond donors (Lipinski definition) is 2. The third-order valence-electron chi connectivity index (χ3n) is 14.4. The molecule has 8 rings (SSSR count). The van der Waals surface area contributed by atoms with Gasteiger partial charge < -0.3 is 10.6 Å². The maximum atomic E-state index is 14.6. The fourth-order valence-electron chi connectivity index (χ4n) is 10.1. The van der Waals surface area contributed by atoms with E-state index in [2.05, 4.69) is 36.4 Å². The summed E-state index contributed by atoms with van der Waals surface area (Å²) >= 11 is 0. The van der Waals surface area contributed by atoms with E-state index < -0.39 is 43.3 Å². The minimum absolute atomic E-state index is 0.00569. The molecule has 0 fully saturated rings. The van der Waals surface area contributed by atoms with E-state index in [-0.39, 0.29) is 81.0 Å². The van der Waals surface area contributed by atoms with Crippen molar-refractivity contribution in [2.45, 2.75) is 122 Å². The Morgan fingerprint density at radius 1 is 0.635 bits per heavy atom. The maximum Gasteiger partial charge on any atom is 0.270 e. The molecule has 2 amide bonds. The summed E-state index contributed by atoms with van der Waals surface area (Å²) in [6, 6.07) is 23.0. The van der Waals surface area contributed by atoms with Crippen molar-refractivity contribution in [3.8, 4) is 0 Å². The van der Waals surface area contributed by atoms with E-state index in [1.54, 1.807) is 69.3 Å². The van der Waals surface area contributed by atoms with Crippen molar-refractivity contribution < 1.29 is 36.0 Å². The molecule has 16 nitrogen and oxygen atoms in total. The van der Waals surface area contributed by atoms with Crippen LogP contribution in [-0.4, -0.2) is 81.6 Å². The first-order chi connectivity index (χ1) is 35.2. The number of aryl methyl sites for hydroxylation is 4. The van der Waals surface area contributed by atoms with Crippen molar-refractivity contribution in [1.29, 1.82) is 0 Å². The van der Waals surface area contributed by atoms with E-state index >= 15 is 0 Å². The largest absolute Gasteiger partial charge is 0.347 e. The summed E-state index contributed by atoms with van der Waals surface area (Å²) in [6.45, 7) is 15.3. The quantitative estimate of drug-likeness (QED) is 0.0882. The van der Waals surface area contributed by atoms with E-state index in [0.29, 0.717) is 76.9 Å². The molecular formula is C56H62N8O8S2. The van der Waals surface area contributed by atoms with Crippen molar-refractivity contribution in [3.05, 3.63) is 164 Å². The third-order valence-corrected chi connectivity index (χ3v) is 17.9. The van der Waals surface area contributed by atoms with Gasteiger partial charge in [0.2, 0.25) is 0 Å². The lowest BCUT2D eigenvalue weighted by Gasteiger charge is -2.35. The Balaban J connectivity index is 0.985. The van der Waals surface area contributed by atoms with Crippen LogP contribution in [0, 0.1) is 38.5 Å². The Bertz CT molecular complexity index is 3360. The van der Waals surface area contributed by atoms with E-state index in [1.807, 2.05) is 26.0 Å². The van der Waals surface area contributed by atoms with Crippen molar-refractivity contribution >= 4 is 43.1 Å². The molecule has 4 heterocycles. The molecule has 74 heavy (non-hydrogen) atoms. The van der Waals surface area contributed by atoms with Crippen LogP contribution in [0.4, 0.5) is 0 Å². The van der Waals surface area contributed by atoms with Crippen LogP contribution in [-0.2, 0) is 45.6 Å². The van der Waals surface area contributed by atoms with E-state index in [0.717, 1.165) is 16.8 Å². The van der Waals surface area contributed by atoms with Gasteiger partial charge in [0.05, 0.1) is 55.9 Å². The standard InChI is InChI=1S/C56H62N8O8S2/c1-9-73(69,70)38-16-12-36(13-17-38)29-57-55(67)45-22-20-40-48(62-45)28-43(51(54(40)66)49-26-33(6)59-35(8)61-49)32(5)11-24-50-60-34(7)25-47(63-50)44-27-42(31(3)4)52-41(53(44)65)21-23-46(64-52)56(68)58-30-37-14-18-39(19-15-37)74(71,72)10-2/h12-23,25-26,31-32,42-44,51H,9-11,24,27-30H2,1-8H3,(H,57,67)(H,58,68). The van der Waals surface area contributed by atoms with Crippen molar-refractivity contribution in [3.63, 3.8) is 0 Å². The van der Waals surface area contributed by atoms with E-state index in [9.17, 15) is 36.0 Å². The summed E-state index contributed by atoms with van der Waals surface area (Å²) in [5, 5.41) is 5.75. The summed E-state index contributed by atoms with van der Waals surface area (Å²) < 4.78 is 49.1. The molecule has 2 aliphatic carbocycles. The minimum atomic E-state index is -3.36. The molecule has 5 unspecified atom stereocenters. The normalized spacial score (nSPS) is 18.1. The molecule has 2 aliphatic rings. The number of carbonyl (C=O) groups excluding carboxylic acids is 4. The number of benzene rings is 2. The molecule has 0 spiro atoms. The lowest BCUT2D eigenvalue weighted by atomic mass is 9.68. The number of hydrogen-bond acceptors (Lipinski definition) is 14. The number of nitrogens with zero attached hydrogens (tertiary/aromatic N) is 6. The van der Waals surface area contributed by atoms with Crippen molar-refractivity contribution in [2.75, 3.05) is 11.5 Å². The highest BCUT2D eigenvalue weighted by Crippen LogP contribution is 2.44. The number of amides is 2. The zero-order valence-electron chi connectivity index (χ0n) is 43.0. The Kier molecular flexibility index (Phi) is 15.8. The Labute approximate surface area is 433 Å². The van der Waals surface area contributed by atoms with Gasteiger partial charge in [0, 0.05) is 47.9 Å². The van der Waals surface area contributed by atoms with Crippen LogP contribution in [0.5, 0.6) is 0 Å². The second-order valence-corrected chi connectivity index (χ2v) is 24.4. The predicted molar refractivity (Wildman–Crippen MR) is 278 cm³/mol. The Morgan fingerprint density at radius 2 is 1.18 bits per heavy atom. The average Bonchev–Trinajstić information content (AvgIpc) is 3.38. The lowest BCUT2D eigenvalue weighted by molar-refractivity contribution is 0.0873. The highest BCUT2D eigenvalue weighted by atomic mass is 32.2. The van der Waals surface area contributed by atoms with Gasteiger partial charge in [0.1, 0.15) is 23.0 Å². The number of carbonyl (C=O) groups is 4. The number of ketones is 2. The second kappa shape index (κ2) is 21.9. The topological polar surface area (TPSA) is 238 Å². The number of pyridine rings is 2. The molecule has 18 heteroatoms. The summed E-state index contributed by atoms with van der Waals surface area (Å²) in [5.41, 5.74) is 6.47. The molecule has 386 valence electrons. The molecule has 4 aromatic heterocycles. The average molecular weight is 1040 g/mol. The summed E-state index contributed by atoms with van der Waals surface area (Å²) in [5.74, 6) is -1.61. The third kappa shape index (κ3) is 11.6. The van der Waals surface area contributed by atoms with Gasteiger partial charge in [-0.05, 0) is 130 Å². The van der Waals surface area contributed by atoms with Crippen molar-refractivity contribution in [1.82, 2.24) is 40.5 Å². The maximum absolute atomic E-state index is 14.6. The zero-order chi connectivity index (χ0) is 53.2. The van der Waals surface area contributed by atoms with Gasteiger partial charge in [0.25, 0.3) is 11.8 Å². The van der Waals surface area contributed by atoms with Crippen LogP contribution in [0.3, 0.4) is 0 Å².